The summed E-state index contributed by atoms with van der Waals surface area (Å²) in [6, 6.07) is -0.583. The van der Waals surface area contributed by atoms with Gasteiger partial charge in [0.1, 0.15) is 16.8 Å². The van der Waals surface area contributed by atoms with Crippen LogP contribution in [0.1, 0.15) is 63.1 Å². The monoisotopic (exact) mass is 552 g/mol. The van der Waals surface area contributed by atoms with E-state index in [0.717, 1.165) is 43.9 Å². The third-order valence-corrected chi connectivity index (χ3v) is 9.30. The SMILES string of the molecule is C[C@@H](O)[C@H]1C(=O)N2C(C(=O)O)=C(SC=Cc3nc(CO)cs3)C(C)(CCOC(=O)OC3CCCCC3)[C@@H]12. The van der Waals surface area contributed by atoms with Gasteiger partial charge in [0, 0.05) is 15.7 Å². The highest BCUT2D eigenvalue weighted by atomic mass is 32.2. The molecule has 1 amide bonds. The third-order valence-electron chi connectivity index (χ3n) is 7.28. The van der Waals surface area contributed by atoms with Gasteiger partial charge < -0.3 is 29.7 Å². The van der Waals surface area contributed by atoms with Crippen LogP contribution in [0.2, 0.25) is 0 Å². The molecule has 2 fully saturated rings. The maximum atomic E-state index is 12.9. The molecule has 4 rings (SSSR count). The quantitative estimate of drug-likeness (QED) is 0.290. The van der Waals surface area contributed by atoms with Crippen molar-refractivity contribution < 1.29 is 39.2 Å². The Labute approximate surface area is 223 Å². The average Bonchev–Trinajstić information content (AvgIpc) is 3.39. The molecule has 0 bridgehead atoms. The summed E-state index contributed by atoms with van der Waals surface area (Å²) in [5.74, 6) is -2.44. The lowest BCUT2D eigenvalue weighted by Gasteiger charge is -2.50. The highest BCUT2D eigenvalue weighted by Gasteiger charge is 2.65. The molecule has 1 saturated heterocycles. The first-order valence-electron chi connectivity index (χ1n) is 12.4. The number of aromatic nitrogens is 1. The summed E-state index contributed by atoms with van der Waals surface area (Å²) in [6.45, 7) is 3.15. The van der Waals surface area contributed by atoms with Gasteiger partial charge in [-0.1, -0.05) is 25.1 Å². The molecule has 0 aromatic carbocycles. The Morgan fingerprint density at radius 2 is 2.08 bits per heavy atom. The van der Waals surface area contributed by atoms with E-state index in [1.165, 1.54) is 23.2 Å². The minimum Gasteiger partial charge on any atom is -0.477 e. The van der Waals surface area contributed by atoms with Crippen molar-refractivity contribution in [1.82, 2.24) is 9.88 Å². The Morgan fingerprint density at radius 1 is 1.35 bits per heavy atom. The van der Waals surface area contributed by atoms with Crippen LogP contribution in [0, 0.1) is 11.3 Å². The van der Waals surface area contributed by atoms with Gasteiger partial charge in [0.2, 0.25) is 5.91 Å². The first-order valence-corrected chi connectivity index (χ1v) is 14.1. The summed E-state index contributed by atoms with van der Waals surface area (Å²) >= 11 is 2.51. The Balaban J connectivity index is 1.53. The van der Waals surface area contributed by atoms with E-state index < -0.39 is 41.5 Å². The number of aliphatic carboxylic acids is 1. The molecule has 0 radical (unpaired) electrons. The topological polar surface area (TPSA) is 146 Å². The van der Waals surface area contributed by atoms with Gasteiger partial charge in [0.05, 0.1) is 37.0 Å². The Hall–Kier alpha value is -2.41. The Bertz CT molecular complexity index is 1090. The second-order valence-electron chi connectivity index (χ2n) is 9.80. The van der Waals surface area contributed by atoms with E-state index in [1.54, 1.807) is 16.9 Å². The van der Waals surface area contributed by atoms with Crippen molar-refractivity contribution >= 4 is 47.2 Å². The van der Waals surface area contributed by atoms with Gasteiger partial charge in [-0.15, -0.1) is 11.3 Å². The molecular formula is C25H32N2O8S2. The number of ether oxygens (including phenoxy) is 2. The summed E-state index contributed by atoms with van der Waals surface area (Å²) in [5, 5.41) is 33.6. The molecule has 1 unspecified atom stereocenters. The summed E-state index contributed by atoms with van der Waals surface area (Å²) in [4.78, 5) is 43.4. The number of fused-ring (bicyclic) bond motifs is 1. The number of rotatable bonds is 10. The molecule has 202 valence electrons. The second kappa shape index (κ2) is 11.5. The fraction of sp³-hybridized carbons (Fsp3) is 0.600. The minimum atomic E-state index is -1.24. The predicted molar refractivity (Wildman–Crippen MR) is 137 cm³/mol. The largest absolute Gasteiger partial charge is 0.508 e. The number of β-lactam (4-membered cyclic amide) rings is 1. The first kappa shape index (κ1) is 27.6. The predicted octanol–water partition coefficient (Wildman–Crippen LogP) is 3.74. The van der Waals surface area contributed by atoms with E-state index in [9.17, 15) is 29.7 Å². The van der Waals surface area contributed by atoms with E-state index in [0.29, 0.717) is 15.6 Å². The molecule has 12 heteroatoms. The zero-order chi connectivity index (χ0) is 26.7. The fourth-order valence-corrected chi connectivity index (χ4v) is 7.32. The molecule has 10 nitrogen and oxygen atoms in total. The van der Waals surface area contributed by atoms with Crippen molar-refractivity contribution in [1.29, 1.82) is 0 Å². The lowest BCUT2D eigenvalue weighted by molar-refractivity contribution is -0.167. The number of thioether (sulfide) groups is 1. The lowest BCUT2D eigenvalue weighted by atomic mass is 9.68. The average molecular weight is 553 g/mol. The molecule has 2 aliphatic heterocycles. The number of aliphatic hydroxyl groups is 2. The number of hydrogen-bond donors (Lipinski definition) is 3. The third kappa shape index (κ3) is 5.57. The number of hydrogen-bond acceptors (Lipinski definition) is 10. The van der Waals surface area contributed by atoms with Crippen LogP contribution in [-0.2, 0) is 25.7 Å². The Kier molecular flexibility index (Phi) is 8.62. The molecule has 1 saturated carbocycles. The van der Waals surface area contributed by atoms with E-state index in [1.807, 2.05) is 6.92 Å². The minimum absolute atomic E-state index is 0.0277. The molecule has 37 heavy (non-hydrogen) atoms. The molecule has 1 aromatic heterocycles. The number of nitrogens with zero attached hydrogens (tertiary/aromatic N) is 2. The smallest absolute Gasteiger partial charge is 0.477 e. The van der Waals surface area contributed by atoms with Gasteiger partial charge in [0.25, 0.3) is 0 Å². The molecule has 4 atom stereocenters. The standard InChI is InChI=1S/C25H32N2O8S2/c1-14(29)18-20-25(2,9-10-34-24(33)35-16-6-4-3-5-7-16)21(19(23(31)32)27(20)22(18)30)36-11-8-17-26-15(12-28)13-37-17/h8,11,13-14,16,18,20,28-29H,3-7,9-10,12H2,1-2H3,(H,31,32)/t14-,18-,20-,25?/m1/s1. The van der Waals surface area contributed by atoms with Gasteiger partial charge >= 0.3 is 12.1 Å². The van der Waals surface area contributed by atoms with E-state index >= 15 is 0 Å². The van der Waals surface area contributed by atoms with Crippen LogP contribution in [-0.4, -0.2) is 68.1 Å². The highest BCUT2D eigenvalue weighted by Crippen LogP contribution is 2.59. The summed E-state index contributed by atoms with van der Waals surface area (Å²) in [5.41, 5.74) is -0.468. The maximum Gasteiger partial charge on any atom is 0.508 e. The van der Waals surface area contributed by atoms with Gasteiger partial charge in [-0.25, -0.2) is 14.6 Å². The molecule has 3 aliphatic rings. The van der Waals surface area contributed by atoms with Crippen molar-refractivity contribution in [3.05, 3.63) is 32.1 Å². The first-order chi connectivity index (χ1) is 17.7. The fourth-order valence-electron chi connectivity index (χ4n) is 5.41. The summed E-state index contributed by atoms with van der Waals surface area (Å²) in [7, 11) is 0. The van der Waals surface area contributed by atoms with Crippen molar-refractivity contribution in [2.75, 3.05) is 6.61 Å². The second-order valence-corrected chi connectivity index (χ2v) is 11.6. The van der Waals surface area contributed by atoms with Crippen LogP contribution in [0.4, 0.5) is 4.79 Å². The molecule has 3 N–H and O–H groups in total. The van der Waals surface area contributed by atoms with E-state index in [4.69, 9.17) is 9.47 Å². The van der Waals surface area contributed by atoms with Crippen LogP contribution < -0.4 is 0 Å². The van der Waals surface area contributed by atoms with Gasteiger partial charge in [-0.2, -0.15) is 0 Å². The molecular weight excluding hydrogens is 520 g/mol. The number of carboxylic acid groups (broad SMARTS) is 1. The van der Waals surface area contributed by atoms with E-state index in [-0.39, 0.29) is 31.4 Å². The van der Waals surface area contributed by atoms with Crippen LogP contribution in [0.5, 0.6) is 0 Å². The molecule has 1 aromatic rings. The lowest BCUT2D eigenvalue weighted by Crippen LogP contribution is -2.66. The number of thiazole rings is 1. The van der Waals surface area contributed by atoms with Gasteiger partial charge in [0.15, 0.2) is 0 Å². The van der Waals surface area contributed by atoms with Gasteiger partial charge in [-0.05, 0) is 50.5 Å². The van der Waals surface area contributed by atoms with Crippen molar-refractivity contribution in [3.8, 4) is 0 Å². The Morgan fingerprint density at radius 3 is 2.70 bits per heavy atom. The van der Waals surface area contributed by atoms with Crippen molar-refractivity contribution in [3.63, 3.8) is 0 Å². The van der Waals surface area contributed by atoms with Crippen LogP contribution in [0.15, 0.2) is 21.4 Å². The maximum absolute atomic E-state index is 12.9. The van der Waals surface area contributed by atoms with Crippen molar-refractivity contribution in [2.45, 2.75) is 77.2 Å². The molecule has 1 aliphatic carbocycles. The number of aliphatic hydroxyl groups excluding tert-OH is 2. The zero-order valence-electron chi connectivity index (χ0n) is 20.8. The number of carbonyl (C=O) groups is 3. The molecule has 0 spiro atoms. The van der Waals surface area contributed by atoms with Gasteiger partial charge in [-0.3, -0.25) is 4.79 Å². The number of carboxylic acids is 1. The summed E-state index contributed by atoms with van der Waals surface area (Å²) in [6.07, 6.45) is 4.89. The highest BCUT2D eigenvalue weighted by molar-refractivity contribution is 8.06. The zero-order valence-corrected chi connectivity index (χ0v) is 22.4. The van der Waals surface area contributed by atoms with Crippen LogP contribution >= 0.6 is 23.1 Å². The normalized spacial score (nSPS) is 26.8. The van der Waals surface area contributed by atoms with Crippen LogP contribution in [0.3, 0.4) is 0 Å². The number of amides is 1. The molecule has 3 heterocycles. The van der Waals surface area contributed by atoms with Crippen molar-refractivity contribution in [2.24, 2.45) is 11.3 Å². The number of carbonyl (C=O) groups excluding carboxylic acids is 2. The summed E-state index contributed by atoms with van der Waals surface area (Å²) < 4.78 is 10.8. The van der Waals surface area contributed by atoms with E-state index in [2.05, 4.69) is 4.98 Å². The van der Waals surface area contributed by atoms with Crippen LogP contribution in [0.25, 0.3) is 6.08 Å².